The van der Waals surface area contributed by atoms with Gasteiger partial charge >= 0.3 is 26.6 Å². The van der Waals surface area contributed by atoms with Gasteiger partial charge in [-0.3, -0.25) is 14.4 Å². The smallest absolute Gasteiger partial charge is 0.288 e. The van der Waals surface area contributed by atoms with Gasteiger partial charge in [0.15, 0.2) is 0 Å². The zero-order chi connectivity index (χ0) is 8.43. The summed E-state index contributed by atoms with van der Waals surface area (Å²) in [5.41, 5.74) is 0. The van der Waals surface area contributed by atoms with Crippen LogP contribution in [0.25, 0.3) is 0 Å². The molecule has 0 aromatic heterocycles. The van der Waals surface area contributed by atoms with Crippen molar-refractivity contribution in [2.24, 2.45) is 0 Å². The first kappa shape index (κ1) is 8.44. The van der Waals surface area contributed by atoms with Gasteiger partial charge in [-0.05, 0) is 0 Å². The van der Waals surface area contributed by atoms with Gasteiger partial charge < -0.3 is 0 Å². The molecule has 5 nitrogen and oxygen atoms in total. The third-order valence-corrected chi connectivity index (χ3v) is 1.38. The maximum atomic E-state index is 10.7. The fourth-order valence-electron chi connectivity index (χ4n) is 0.732. The van der Waals surface area contributed by atoms with Crippen LogP contribution in [0.1, 0.15) is 12.8 Å². The Hall–Kier alpha value is -0.660. The molecule has 1 saturated heterocycles. The van der Waals surface area contributed by atoms with E-state index in [2.05, 4.69) is 4.84 Å². The molecule has 0 N–H and O–H groups in total. The fraction of sp³-hybridized carbons (Fsp3) is 0.400. The first-order valence-electron chi connectivity index (χ1n) is 2.86. The van der Waals surface area contributed by atoms with E-state index in [4.69, 9.17) is 0 Å². The lowest BCUT2D eigenvalue weighted by Gasteiger charge is -2.06. The Bertz CT molecular complexity index is 211. The SMILES string of the molecule is O=C([IH+])ON1C(=O)CCC1=O. The van der Waals surface area contributed by atoms with Crippen LogP contribution in [0, 0.1) is 0 Å². The zero-order valence-corrected chi connectivity index (χ0v) is 7.73. The first-order chi connectivity index (χ1) is 5.11. The second-order valence-corrected chi connectivity index (χ2v) is 2.87. The summed E-state index contributed by atoms with van der Waals surface area (Å²) in [6.07, 6.45) is 0.264. The van der Waals surface area contributed by atoms with Crippen molar-refractivity contribution in [3.8, 4) is 0 Å². The molecule has 0 aromatic rings. The molecule has 0 radical (unpaired) electrons. The average molecular weight is 270 g/mol. The van der Waals surface area contributed by atoms with Gasteiger partial charge in [0.1, 0.15) is 0 Å². The molecule has 2 amide bonds. The maximum Gasteiger partial charge on any atom is 0.575 e. The van der Waals surface area contributed by atoms with Gasteiger partial charge in [0, 0.05) is 12.8 Å². The van der Waals surface area contributed by atoms with E-state index in [1.54, 1.807) is 0 Å². The molecular weight excluding hydrogens is 265 g/mol. The van der Waals surface area contributed by atoms with E-state index in [1.165, 1.54) is 0 Å². The minimum atomic E-state index is -0.649. The highest BCUT2D eigenvalue weighted by molar-refractivity contribution is 6.01. The van der Waals surface area contributed by atoms with Crippen molar-refractivity contribution in [3.63, 3.8) is 0 Å². The molecule has 0 aromatic carbocycles. The predicted molar refractivity (Wildman–Crippen MR) is 29.0 cm³/mol. The molecule has 0 bridgehead atoms. The number of halogens is 1. The highest BCUT2D eigenvalue weighted by atomic mass is 127. The number of carbonyl (C=O) groups is 3. The Labute approximate surface area is 75.8 Å². The van der Waals surface area contributed by atoms with Crippen LogP contribution >= 0.6 is 0 Å². The Morgan fingerprint density at radius 3 is 2.18 bits per heavy atom. The van der Waals surface area contributed by atoms with Crippen LogP contribution < -0.4 is 22.6 Å². The van der Waals surface area contributed by atoms with E-state index in [0.717, 1.165) is 22.6 Å². The molecule has 1 rings (SSSR count). The zero-order valence-electron chi connectivity index (χ0n) is 5.40. The molecule has 0 saturated carbocycles. The van der Waals surface area contributed by atoms with Gasteiger partial charge in [0.2, 0.25) is 0 Å². The minimum absolute atomic E-state index is 0.132. The molecule has 0 unspecified atom stereocenters. The summed E-state index contributed by atoms with van der Waals surface area (Å²) in [6.45, 7) is 0. The lowest BCUT2D eigenvalue weighted by molar-refractivity contribution is -0.306. The lowest BCUT2D eigenvalue weighted by atomic mass is 10.4. The summed E-state index contributed by atoms with van der Waals surface area (Å²) in [7, 11) is 0. The number of hydrogen-bond donors (Lipinski definition) is 0. The van der Waals surface area contributed by atoms with Crippen molar-refractivity contribution in [1.82, 2.24) is 5.06 Å². The minimum Gasteiger partial charge on any atom is -0.288 e. The summed E-state index contributed by atoms with van der Waals surface area (Å²) < 4.78 is -0.649. The van der Waals surface area contributed by atoms with E-state index in [0.29, 0.717) is 5.06 Å². The van der Waals surface area contributed by atoms with Crippen LogP contribution in [-0.2, 0) is 14.4 Å². The maximum absolute atomic E-state index is 10.7. The molecule has 0 atom stereocenters. The summed E-state index contributed by atoms with van der Waals surface area (Å²) in [6, 6.07) is 0. The Kier molecular flexibility index (Phi) is 2.42. The predicted octanol–water partition coefficient (Wildman–Crippen LogP) is -3.53. The normalized spacial score (nSPS) is 17.4. The number of amides is 2. The first-order valence-corrected chi connectivity index (χ1v) is 4.02. The second kappa shape index (κ2) is 3.16. The molecule has 0 spiro atoms. The summed E-state index contributed by atoms with van der Waals surface area (Å²) in [5, 5.41) is 0.519. The number of carbonyl (C=O) groups excluding carboxylic acids is 3. The van der Waals surface area contributed by atoms with Crippen molar-refractivity contribution < 1.29 is 41.8 Å². The summed E-state index contributed by atoms with van der Waals surface area (Å²) >= 11 is 1.07. The standard InChI is InChI=1S/C5H5INO4/c6-5(10)11-7-3(8)1-2-4(7)9/h6H,1-2H2/q+1. The van der Waals surface area contributed by atoms with E-state index in [-0.39, 0.29) is 12.8 Å². The highest BCUT2D eigenvalue weighted by Crippen LogP contribution is 2.10. The summed E-state index contributed by atoms with van der Waals surface area (Å²) in [4.78, 5) is 36.2. The van der Waals surface area contributed by atoms with Crippen molar-refractivity contribution in [3.05, 3.63) is 0 Å². The van der Waals surface area contributed by atoms with Crippen molar-refractivity contribution in [2.45, 2.75) is 12.8 Å². The van der Waals surface area contributed by atoms with Crippen molar-refractivity contribution >= 4 is 15.8 Å². The monoisotopic (exact) mass is 270 g/mol. The van der Waals surface area contributed by atoms with Gasteiger partial charge in [0.05, 0.1) is 0 Å². The van der Waals surface area contributed by atoms with Crippen LogP contribution in [0.3, 0.4) is 0 Å². The average Bonchev–Trinajstić information content (AvgIpc) is 2.18. The molecule has 6 heteroatoms. The molecular formula is C5H5INO4+. The molecule has 1 fully saturated rings. The lowest BCUT2D eigenvalue weighted by Crippen LogP contribution is -3.38. The van der Waals surface area contributed by atoms with Gasteiger partial charge in [-0.1, -0.05) is 5.06 Å². The third-order valence-electron chi connectivity index (χ3n) is 1.17. The van der Waals surface area contributed by atoms with Gasteiger partial charge in [-0.15, -0.1) is 0 Å². The molecule has 60 valence electrons. The second-order valence-electron chi connectivity index (χ2n) is 1.92. The quantitative estimate of drug-likeness (QED) is 0.281. The topological polar surface area (TPSA) is 63.7 Å². The van der Waals surface area contributed by atoms with Crippen LogP contribution in [-0.4, -0.2) is 20.9 Å². The molecule has 11 heavy (non-hydrogen) atoms. The van der Waals surface area contributed by atoms with Crippen LogP contribution in [0.4, 0.5) is 4.79 Å². The van der Waals surface area contributed by atoms with Crippen molar-refractivity contribution in [1.29, 1.82) is 0 Å². The summed E-state index contributed by atoms with van der Waals surface area (Å²) in [5.74, 6) is -0.904. The van der Waals surface area contributed by atoms with Crippen LogP contribution in [0.2, 0.25) is 0 Å². The largest absolute Gasteiger partial charge is 0.575 e. The fourth-order valence-corrected chi connectivity index (χ4v) is 0.945. The van der Waals surface area contributed by atoms with Crippen LogP contribution in [0.5, 0.6) is 0 Å². The molecule has 0 aliphatic carbocycles. The van der Waals surface area contributed by atoms with Crippen LogP contribution in [0.15, 0.2) is 0 Å². The number of rotatable bonds is 1. The number of hydrogen-bond acceptors (Lipinski definition) is 4. The Balaban J connectivity index is 2.62. The molecule has 1 heterocycles. The molecule has 1 aliphatic rings. The van der Waals surface area contributed by atoms with Gasteiger partial charge in [-0.2, -0.15) is 4.79 Å². The van der Waals surface area contributed by atoms with E-state index in [9.17, 15) is 14.4 Å². The van der Waals surface area contributed by atoms with E-state index in [1.807, 2.05) is 0 Å². The Morgan fingerprint density at radius 2 is 1.82 bits per heavy atom. The van der Waals surface area contributed by atoms with Gasteiger partial charge in [-0.25, -0.2) is 0 Å². The number of imide groups is 1. The number of nitrogens with zero attached hydrogens (tertiary/aromatic N) is 1. The van der Waals surface area contributed by atoms with Gasteiger partial charge in [0.25, 0.3) is 11.8 Å². The highest BCUT2D eigenvalue weighted by Gasteiger charge is 2.33. The molecule has 1 aliphatic heterocycles. The van der Waals surface area contributed by atoms with E-state index < -0.39 is 15.8 Å². The third kappa shape index (κ3) is 1.88. The Morgan fingerprint density at radius 1 is 1.36 bits per heavy atom. The number of hydroxylamine groups is 2. The van der Waals surface area contributed by atoms with Crippen molar-refractivity contribution in [2.75, 3.05) is 0 Å². The van der Waals surface area contributed by atoms with E-state index >= 15 is 0 Å².